The number of hydrogen-bond donors (Lipinski definition) is 2. The van der Waals surface area contributed by atoms with Crippen LogP contribution in [0, 0.1) is 0 Å². The molecule has 21 heavy (non-hydrogen) atoms. The zero-order chi connectivity index (χ0) is 15.1. The Balaban J connectivity index is 1.83. The first-order valence-corrected chi connectivity index (χ1v) is 8.33. The molecule has 5 nitrogen and oxygen atoms in total. The monoisotopic (exact) mass is 308 g/mol. The van der Waals surface area contributed by atoms with Crippen molar-refractivity contribution in [3.63, 3.8) is 0 Å². The van der Waals surface area contributed by atoms with Gasteiger partial charge in [-0.25, -0.2) is 0 Å². The number of morpholine rings is 1. The Morgan fingerprint density at radius 1 is 1.43 bits per heavy atom. The van der Waals surface area contributed by atoms with E-state index in [0.29, 0.717) is 13.0 Å². The summed E-state index contributed by atoms with van der Waals surface area (Å²) in [5.74, 6) is 0.446. The number of nitrogens with one attached hydrogen (secondary N) is 2. The van der Waals surface area contributed by atoms with Crippen LogP contribution in [-0.4, -0.2) is 42.6 Å². The number of esters is 1. The van der Waals surface area contributed by atoms with Gasteiger partial charge in [-0.3, -0.25) is 14.9 Å². The number of benzene rings is 1. The first-order valence-electron chi connectivity index (χ1n) is 6.94. The van der Waals surface area contributed by atoms with Crippen LogP contribution in [-0.2, 0) is 20.9 Å². The number of ether oxygens (including phenoxy) is 1. The Morgan fingerprint density at radius 3 is 2.90 bits per heavy atom. The molecule has 1 aromatic carbocycles. The van der Waals surface area contributed by atoms with Crippen molar-refractivity contribution in [2.24, 2.45) is 0 Å². The third-order valence-electron chi connectivity index (χ3n) is 3.32. The lowest BCUT2D eigenvalue weighted by Gasteiger charge is -2.29. The summed E-state index contributed by atoms with van der Waals surface area (Å²) in [7, 11) is 0. The van der Waals surface area contributed by atoms with Gasteiger partial charge in [0.25, 0.3) is 0 Å². The van der Waals surface area contributed by atoms with Crippen LogP contribution >= 0.6 is 11.8 Å². The van der Waals surface area contributed by atoms with E-state index < -0.39 is 12.1 Å². The molecule has 2 N–H and O–H groups in total. The predicted molar refractivity (Wildman–Crippen MR) is 83.0 cm³/mol. The summed E-state index contributed by atoms with van der Waals surface area (Å²) in [5.41, 5.74) is 1.04. The normalized spacial score (nSPS) is 21.7. The minimum atomic E-state index is -0.474. The molecule has 1 aromatic rings. The van der Waals surface area contributed by atoms with E-state index >= 15 is 0 Å². The lowest BCUT2D eigenvalue weighted by Crippen LogP contribution is -2.57. The summed E-state index contributed by atoms with van der Waals surface area (Å²) in [5, 5.41) is 5.94. The predicted octanol–water partition coefficient (Wildman–Crippen LogP) is 0.939. The molecule has 0 spiro atoms. The molecule has 1 fully saturated rings. The Labute approximate surface area is 128 Å². The second-order valence-electron chi connectivity index (χ2n) is 4.89. The minimum Gasteiger partial charge on any atom is -0.462 e. The first-order chi connectivity index (χ1) is 10.2. The van der Waals surface area contributed by atoms with E-state index in [1.54, 1.807) is 11.8 Å². The van der Waals surface area contributed by atoms with Crippen LogP contribution in [0.1, 0.15) is 12.0 Å². The number of cyclic esters (lactones) is 1. The van der Waals surface area contributed by atoms with Crippen LogP contribution in [0.25, 0.3) is 0 Å². The maximum absolute atomic E-state index is 12.1. The topological polar surface area (TPSA) is 67.4 Å². The highest BCUT2D eigenvalue weighted by molar-refractivity contribution is 7.98. The Hall–Kier alpha value is -1.53. The zero-order valence-electron chi connectivity index (χ0n) is 12.0. The highest BCUT2D eigenvalue weighted by atomic mass is 32.2. The summed E-state index contributed by atoms with van der Waals surface area (Å²) < 4.78 is 5.10. The van der Waals surface area contributed by atoms with Gasteiger partial charge in [0.2, 0.25) is 5.91 Å². The van der Waals surface area contributed by atoms with Crippen LogP contribution in [0.4, 0.5) is 0 Å². The number of thioether (sulfide) groups is 1. The third-order valence-corrected chi connectivity index (χ3v) is 3.96. The molecule has 6 heteroatoms. The number of carbonyl (C=O) groups excluding carboxylic acids is 2. The fraction of sp³-hybridized carbons (Fsp3) is 0.467. The Bertz CT molecular complexity index is 481. The molecular formula is C15H20N2O3S. The van der Waals surface area contributed by atoms with Gasteiger partial charge in [0, 0.05) is 6.54 Å². The SMILES string of the molecule is CSCC[C@@H]1NC(C(=O)NCc2ccccc2)COC1=O. The molecule has 0 saturated carbocycles. The van der Waals surface area contributed by atoms with Crippen molar-refractivity contribution >= 4 is 23.6 Å². The van der Waals surface area contributed by atoms with Crippen LogP contribution < -0.4 is 10.6 Å². The largest absolute Gasteiger partial charge is 0.462 e. The molecule has 0 aromatic heterocycles. The molecule has 114 valence electrons. The van der Waals surface area contributed by atoms with E-state index in [1.807, 2.05) is 36.6 Å². The van der Waals surface area contributed by atoms with E-state index in [2.05, 4.69) is 10.6 Å². The molecular weight excluding hydrogens is 288 g/mol. The summed E-state index contributed by atoms with van der Waals surface area (Å²) in [6.45, 7) is 0.566. The van der Waals surface area contributed by atoms with Crippen molar-refractivity contribution < 1.29 is 14.3 Å². The van der Waals surface area contributed by atoms with Crippen molar-refractivity contribution in [2.45, 2.75) is 25.0 Å². The van der Waals surface area contributed by atoms with Gasteiger partial charge in [0.15, 0.2) is 0 Å². The maximum atomic E-state index is 12.1. The van der Waals surface area contributed by atoms with Gasteiger partial charge in [-0.1, -0.05) is 30.3 Å². The van der Waals surface area contributed by atoms with Crippen molar-refractivity contribution in [1.29, 1.82) is 0 Å². The molecule has 0 aliphatic carbocycles. The van der Waals surface area contributed by atoms with Gasteiger partial charge in [-0.2, -0.15) is 11.8 Å². The molecule has 2 rings (SSSR count). The minimum absolute atomic E-state index is 0.0925. The first kappa shape index (κ1) is 15.9. The summed E-state index contributed by atoms with van der Waals surface area (Å²) in [6, 6.07) is 8.84. The quantitative estimate of drug-likeness (QED) is 0.766. The Kier molecular flexibility index (Phi) is 6.07. The average Bonchev–Trinajstić information content (AvgIpc) is 2.53. The molecule has 1 aliphatic rings. The maximum Gasteiger partial charge on any atom is 0.323 e. The van der Waals surface area contributed by atoms with E-state index in [-0.39, 0.29) is 18.5 Å². The fourth-order valence-electron chi connectivity index (χ4n) is 2.12. The molecule has 1 unspecified atom stereocenters. The van der Waals surface area contributed by atoms with Gasteiger partial charge in [0.05, 0.1) is 0 Å². The Morgan fingerprint density at radius 2 is 2.19 bits per heavy atom. The molecule has 0 bridgehead atoms. The highest BCUT2D eigenvalue weighted by Gasteiger charge is 2.32. The zero-order valence-corrected chi connectivity index (χ0v) is 12.8. The number of rotatable bonds is 6. The highest BCUT2D eigenvalue weighted by Crippen LogP contribution is 2.09. The van der Waals surface area contributed by atoms with Gasteiger partial charge in [-0.15, -0.1) is 0 Å². The molecule has 1 saturated heterocycles. The summed E-state index contributed by atoms with van der Waals surface area (Å²) in [6.07, 6.45) is 2.65. The molecule has 0 radical (unpaired) electrons. The molecule has 1 aliphatic heterocycles. The van der Waals surface area contributed by atoms with Gasteiger partial charge in [-0.05, 0) is 24.0 Å². The average molecular weight is 308 g/mol. The van der Waals surface area contributed by atoms with E-state index in [4.69, 9.17) is 4.74 Å². The van der Waals surface area contributed by atoms with Crippen LogP contribution in [0.3, 0.4) is 0 Å². The summed E-state index contributed by atoms with van der Waals surface area (Å²) >= 11 is 1.67. The third kappa shape index (κ3) is 4.75. The fourth-order valence-corrected chi connectivity index (χ4v) is 2.59. The van der Waals surface area contributed by atoms with E-state index in [0.717, 1.165) is 11.3 Å². The lowest BCUT2D eigenvalue weighted by molar-refractivity contribution is -0.153. The van der Waals surface area contributed by atoms with Crippen LogP contribution in [0.15, 0.2) is 30.3 Å². The van der Waals surface area contributed by atoms with Gasteiger partial charge < -0.3 is 10.1 Å². The van der Waals surface area contributed by atoms with Crippen molar-refractivity contribution in [1.82, 2.24) is 10.6 Å². The smallest absolute Gasteiger partial charge is 0.323 e. The van der Waals surface area contributed by atoms with Crippen molar-refractivity contribution in [3.05, 3.63) is 35.9 Å². The van der Waals surface area contributed by atoms with Crippen molar-refractivity contribution in [2.75, 3.05) is 18.6 Å². The summed E-state index contributed by atoms with van der Waals surface area (Å²) in [4.78, 5) is 23.7. The number of carbonyl (C=O) groups is 2. The van der Waals surface area contributed by atoms with Gasteiger partial charge >= 0.3 is 5.97 Å². The van der Waals surface area contributed by atoms with E-state index in [1.165, 1.54) is 0 Å². The molecule has 1 heterocycles. The van der Waals surface area contributed by atoms with Crippen LogP contribution in [0.2, 0.25) is 0 Å². The van der Waals surface area contributed by atoms with E-state index in [9.17, 15) is 9.59 Å². The number of hydrogen-bond acceptors (Lipinski definition) is 5. The molecule has 1 amide bonds. The lowest BCUT2D eigenvalue weighted by atomic mass is 10.1. The second-order valence-corrected chi connectivity index (χ2v) is 5.87. The van der Waals surface area contributed by atoms with Crippen LogP contribution in [0.5, 0.6) is 0 Å². The standard InChI is InChI=1S/C15H20N2O3S/c1-21-8-7-12-15(19)20-10-13(17-12)14(18)16-9-11-5-3-2-4-6-11/h2-6,12-13,17H,7-10H2,1H3,(H,16,18)/t12-,13?/m0/s1. The number of amides is 1. The molecule has 2 atom stereocenters. The van der Waals surface area contributed by atoms with Crippen molar-refractivity contribution in [3.8, 4) is 0 Å². The van der Waals surface area contributed by atoms with Gasteiger partial charge in [0.1, 0.15) is 18.7 Å². The second kappa shape index (κ2) is 8.05.